The van der Waals surface area contributed by atoms with Crippen LogP contribution in [0.2, 0.25) is 0 Å². The van der Waals surface area contributed by atoms with E-state index in [9.17, 15) is 25.2 Å². The standard InChI is InChI=1S/C24H29N3O8/c1-27(2)26-25-16-8-6-15(7-9-16)17(29)10-4-14-5-11-18(19(12-14)33-3)34-24-23(32)22(31)21(30)20(13-28)35-24/h4-12,20-24,28,30-32H,13H2,1-3H3/b10-4+,26-25+/t20-,21-,22+,23-,24-/m0/s1. The molecule has 0 amide bonds. The van der Waals surface area contributed by atoms with Crippen molar-refractivity contribution in [3.8, 4) is 11.5 Å². The van der Waals surface area contributed by atoms with Crippen molar-refractivity contribution < 1.29 is 39.4 Å². The van der Waals surface area contributed by atoms with Gasteiger partial charge in [0.05, 0.1) is 19.4 Å². The third-order valence-electron chi connectivity index (χ3n) is 5.20. The summed E-state index contributed by atoms with van der Waals surface area (Å²) in [7, 11) is 4.94. The second-order valence-corrected chi connectivity index (χ2v) is 8.01. The molecule has 1 aliphatic heterocycles. The van der Waals surface area contributed by atoms with Crippen molar-refractivity contribution in [1.82, 2.24) is 5.01 Å². The summed E-state index contributed by atoms with van der Waals surface area (Å²) in [5.41, 5.74) is 1.76. The molecule has 1 aliphatic rings. The van der Waals surface area contributed by atoms with Crippen LogP contribution in [-0.4, -0.2) is 89.7 Å². The average Bonchev–Trinajstić information content (AvgIpc) is 2.87. The van der Waals surface area contributed by atoms with E-state index in [4.69, 9.17) is 14.2 Å². The summed E-state index contributed by atoms with van der Waals surface area (Å²) < 4.78 is 16.4. The zero-order valence-corrected chi connectivity index (χ0v) is 19.6. The predicted molar refractivity (Wildman–Crippen MR) is 125 cm³/mol. The van der Waals surface area contributed by atoms with E-state index in [-0.39, 0.29) is 17.3 Å². The summed E-state index contributed by atoms with van der Waals surface area (Å²) in [4.78, 5) is 12.5. The van der Waals surface area contributed by atoms with Crippen LogP contribution in [0.15, 0.2) is 58.9 Å². The summed E-state index contributed by atoms with van der Waals surface area (Å²) >= 11 is 0. The first kappa shape index (κ1) is 26.3. The lowest BCUT2D eigenvalue weighted by Crippen LogP contribution is -2.60. The first-order chi connectivity index (χ1) is 16.7. The fourth-order valence-corrected chi connectivity index (χ4v) is 3.28. The van der Waals surface area contributed by atoms with Gasteiger partial charge >= 0.3 is 0 Å². The van der Waals surface area contributed by atoms with Crippen molar-refractivity contribution in [2.75, 3.05) is 27.8 Å². The van der Waals surface area contributed by atoms with E-state index in [1.165, 1.54) is 13.2 Å². The number of nitrogens with zero attached hydrogens (tertiary/aromatic N) is 3. The van der Waals surface area contributed by atoms with Gasteiger partial charge in [-0.25, -0.2) is 0 Å². The van der Waals surface area contributed by atoms with Crippen LogP contribution in [-0.2, 0) is 4.74 Å². The van der Waals surface area contributed by atoms with Gasteiger partial charge in [-0.2, -0.15) is 0 Å². The number of carbonyl (C=O) groups is 1. The van der Waals surface area contributed by atoms with Crippen molar-refractivity contribution in [2.45, 2.75) is 30.7 Å². The predicted octanol–water partition coefficient (Wildman–Crippen LogP) is 1.33. The Bertz CT molecular complexity index is 1060. The Labute approximate surface area is 202 Å². The maximum atomic E-state index is 12.5. The zero-order valence-electron chi connectivity index (χ0n) is 19.6. The van der Waals surface area contributed by atoms with Crippen molar-refractivity contribution in [2.24, 2.45) is 10.3 Å². The molecule has 0 spiro atoms. The van der Waals surface area contributed by atoms with Gasteiger partial charge in [0, 0.05) is 19.7 Å². The fourth-order valence-electron chi connectivity index (χ4n) is 3.28. The molecule has 0 bridgehead atoms. The second kappa shape index (κ2) is 11.9. The van der Waals surface area contributed by atoms with E-state index in [0.29, 0.717) is 16.8 Å². The number of ether oxygens (including phenoxy) is 3. The van der Waals surface area contributed by atoms with Gasteiger partial charge in [0.15, 0.2) is 17.3 Å². The third kappa shape index (κ3) is 6.62. The highest BCUT2D eigenvalue weighted by Gasteiger charge is 2.44. The molecule has 2 aromatic rings. The first-order valence-corrected chi connectivity index (χ1v) is 10.8. The maximum absolute atomic E-state index is 12.5. The molecule has 11 nitrogen and oxygen atoms in total. The number of hydrogen-bond acceptors (Lipinski definition) is 10. The molecule has 0 aliphatic carbocycles. The van der Waals surface area contributed by atoms with Gasteiger partial charge in [-0.15, -0.1) is 5.11 Å². The number of ketones is 1. The lowest BCUT2D eigenvalue weighted by atomic mass is 9.99. The molecule has 0 radical (unpaired) electrons. The molecule has 188 valence electrons. The van der Waals surface area contributed by atoms with Crippen LogP contribution < -0.4 is 9.47 Å². The molecule has 5 atom stereocenters. The van der Waals surface area contributed by atoms with Gasteiger partial charge in [-0.1, -0.05) is 17.4 Å². The fraction of sp³-hybridized carbons (Fsp3) is 0.375. The van der Waals surface area contributed by atoms with E-state index >= 15 is 0 Å². The highest BCUT2D eigenvalue weighted by molar-refractivity contribution is 6.06. The summed E-state index contributed by atoms with van der Waals surface area (Å²) in [5.74, 6) is 0.275. The first-order valence-electron chi connectivity index (χ1n) is 10.8. The molecule has 1 saturated heterocycles. The maximum Gasteiger partial charge on any atom is 0.229 e. The van der Waals surface area contributed by atoms with E-state index in [0.717, 1.165) is 0 Å². The van der Waals surface area contributed by atoms with Crippen LogP contribution in [0.25, 0.3) is 6.08 Å². The average molecular weight is 488 g/mol. The Hall–Kier alpha value is -3.35. The zero-order chi connectivity index (χ0) is 25.5. The van der Waals surface area contributed by atoms with E-state index in [1.54, 1.807) is 67.6 Å². The second-order valence-electron chi connectivity index (χ2n) is 8.01. The van der Waals surface area contributed by atoms with Crippen molar-refractivity contribution in [3.63, 3.8) is 0 Å². The number of carbonyl (C=O) groups excluding carboxylic acids is 1. The lowest BCUT2D eigenvalue weighted by molar-refractivity contribution is -0.277. The van der Waals surface area contributed by atoms with E-state index in [1.807, 2.05) is 0 Å². The summed E-state index contributed by atoms with van der Waals surface area (Å²) in [6.07, 6.45) is -4.00. The molecule has 0 unspecified atom stereocenters. The highest BCUT2D eigenvalue weighted by Crippen LogP contribution is 2.32. The van der Waals surface area contributed by atoms with Crippen molar-refractivity contribution in [1.29, 1.82) is 0 Å². The van der Waals surface area contributed by atoms with Gasteiger partial charge in [0.1, 0.15) is 24.4 Å². The molecular formula is C24H29N3O8. The summed E-state index contributed by atoms with van der Waals surface area (Å²) in [6, 6.07) is 11.5. The minimum Gasteiger partial charge on any atom is -0.493 e. The lowest BCUT2D eigenvalue weighted by Gasteiger charge is -2.39. The van der Waals surface area contributed by atoms with Gasteiger partial charge in [0.25, 0.3) is 0 Å². The van der Waals surface area contributed by atoms with E-state index < -0.39 is 37.3 Å². The number of benzene rings is 2. The summed E-state index contributed by atoms with van der Waals surface area (Å²) in [6.45, 7) is -0.567. The number of rotatable bonds is 9. The molecule has 2 aromatic carbocycles. The topological polar surface area (TPSA) is 154 Å². The van der Waals surface area contributed by atoms with Crippen LogP contribution >= 0.6 is 0 Å². The molecule has 0 saturated carbocycles. The van der Waals surface area contributed by atoms with Gasteiger partial charge in [-0.05, 0) is 48.0 Å². The number of allylic oxidation sites excluding steroid dienone is 1. The number of aliphatic hydroxyl groups is 4. The van der Waals surface area contributed by atoms with Crippen LogP contribution in [0.5, 0.6) is 11.5 Å². The molecule has 4 N–H and O–H groups in total. The Morgan fingerprint density at radius 1 is 1.06 bits per heavy atom. The van der Waals surface area contributed by atoms with Gasteiger partial charge in [0.2, 0.25) is 6.29 Å². The summed E-state index contributed by atoms with van der Waals surface area (Å²) in [5, 5.41) is 48.8. The SMILES string of the molecule is COc1cc(/C=C/C(=O)c2ccc(/N=N/N(C)C)cc2)ccc1O[C@H]1O[C@@H](CO)[C@H](O)[C@@H](O)[C@@H]1O. The van der Waals surface area contributed by atoms with Gasteiger partial charge < -0.3 is 34.6 Å². The molecule has 3 rings (SSSR count). The van der Waals surface area contributed by atoms with Gasteiger partial charge in [-0.3, -0.25) is 9.80 Å². The van der Waals surface area contributed by atoms with E-state index in [2.05, 4.69) is 10.3 Å². The quantitative estimate of drug-likeness (QED) is 0.177. The molecule has 1 fully saturated rings. The third-order valence-corrected chi connectivity index (χ3v) is 5.20. The normalized spacial score (nSPS) is 24.6. The van der Waals surface area contributed by atoms with Crippen molar-refractivity contribution >= 4 is 17.5 Å². The van der Waals surface area contributed by atoms with Crippen LogP contribution in [0.1, 0.15) is 15.9 Å². The Morgan fingerprint density at radius 2 is 1.77 bits per heavy atom. The smallest absolute Gasteiger partial charge is 0.229 e. The van der Waals surface area contributed by atoms with Crippen LogP contribution in [0, 0.1) is 0 Å². The number of aliphatic hydroxyl groups excluding tert-OH is 4. The largest absolute Gasteiger partial charge is 0.493 e. The molecule has 1 heterocycles. The molecule has 0 aromatic heterocycles. The highest BCUT2D eigenvalue weighted by atomic mass is 16.7. The molecular weight excluding hydrogens is 458 g/mol. The number of hydrogen-bond donors (Lipinski definition) is 4. The number of methoxy groups -OCH3 is 1. The minimum atomic E-state index is -1.56. The minimum absolute atomic E-state index is 0.197. The van der Waals surface area contributed by atoms with Crippen LogP contribution in [0.4, 0.5) is 5.69 Å². The molecule has 35 heavy (non-hydrogen) atoms. The Morgan fingerprint density at radius 3 is 2.40 bits per heavy atom. The monoisotopic (exact) mass is 487 g/mol. The Balaban J connectivity index is 1.69. The van der Waals surface area contributed by atoms with Crippen LogP contribution in [0.3, 0.4) is 0 Å². The Kier molecular flexibility index (Phi) is 8.90. The van der Waals surface area contributed by atoms with Crippen molar-refractivity contribution in [3.05, 3.63) is 59.7 Å². The molecule has 11 heteroatoms.